The topological polar surface area (TPSA) is 31.2 Å². The van der Waals surface area contributed by atoms with Crippen molar-refractivity contribution in [2.75, 3.05) is 26.2 Å². The molecule has 28 heavy (non-hydrogen) atoms. The summed E-state index contributed by atoms with van der Waals surface area (Å²) in [6.07, 6.45) is 26.1. The summed E-state index contributed by atoms with van der Waals surface area (Å²) in [4.78, 5) is 0. The van der Waals surface area contributed by atoms with Gasteiger partial charge in [-0.05, 0) is 51.4 Å². The molecule has 0 aromatic heterocycles. The van der Waals surface area contributed by atoms with Gasteiger partial charge in [0.1, 0.15) is 0 Å². The standard InChI is InChI=1S/C24H36N4/c1-2-10-22-12-4-3-11-21(22,9-1)17-27(18-22)25-26-28-19-23-13-5-6-14-24(23,20-28)16-8-7-15-23/h1-2,5-6H,3-4,7-20H2/t21-,22-,23-,24-/m1/s1. The van der Waals surface area contributed by atoms with Crippen LogP contribution >= 0.6 is 0 Å². The summed E-state index contributed by atoms with van der Waals surface area (Å²) in [5.41, 5.74) is 1.92. The van der Waals surface area contributed by atoms with Crippen LogP contribution in [-0.4, -0.2) is 36.2 Å². The fourth-order valence-corrected chi connectivity index (χ4v) is 8.42. The van der Waals surface area contributed by atoms with Crippen molar-refractivity contribution in [3.05, 3.63) is 24.3 Å². The smallest absolute Gasteiger partial charge is 0.0443 e. The molecule has 0 amide bonds. The summed E-state index contributed by atoms with van der Waals surface area (Å²) >= 11 is 0. The van der Waals surface area contributed by atoms with Crippen LogP contribution in [0.3, 0.4) is 0 Å². The first-order valence-electron chi connectivity index (χ1n) is 11.9. The van der Waals surface area contributed by atoms with Gasteiger partial charge in [-0.25, -0.2) is 0 Å². The van der Waals surface area contributed by atoms with Gasteiger partial charge in [-0.1, -0.05) is 60.4 Å². The highest BCUT2D eigenvalue weighted by atomic mass is 15.7. The van der Waals surface area contributed by atoms with Crippen LogP contribution in [0.25, 0.3) is 0 Å². The maximum atomic E-state index is 4.89. The van der Waals surface area contributed by atoms with Gasteiger partial charge in [-0.15, -0.1) is 0 Å². The lowest BCUT2D eigenvalue weighted by Gasteiger charge is -2.49. The Morgan fingerprint density at radius 3 is 1.04 bits per heavy atom. The molecule has 152 valence electrons. The molecule has 2 saturated carbocycles. The van der Waals surface area contributed by atoms with Crippen molar-refractivity contribution in [3.8, 4) is 0 Å². The van der Waals surface area contributed by atoms with E-state index in [1.807, 2.05) is 0 Å². The Kier molecular flexibility index (Phi) is 3.81. The Morgan fingerprint density at radius 1 is 0.464 bits per heavy atom. The summed E-state index contributed by atoms with van der Waals surface area (Å²) in [6, 6.07) is 0. The Bertz CT molecular complexity index is 616. The number of hydrogen-bond acceptors (Lipinski definition) is 2. The van der Waals surface area contributed by atoms with Gasteiger partial charge in [0.05, 0.1) is 0 Å². The molecule has 4 nitrogen and oxygen atoms in total. The van der Waals surface area contributed by atoms with Crippen molar-refractivity contribution < 1.29 is 0 Å². The Labute approximate surface area is 170 Å². The van der Waals surface area contributed by atoms with Crippen molar-refractivity contribution in [1.82, 2.24) is 10.0 Å². The van der Waals surface area contributed by atoms with Crippen molar-refractivity contribution in [3.63, 3.8) is 0 Å². The van der Waals surface area contributed by atoms with Gasteiger partial charge in [-0.2, -0.15) is 0 Å². The normalized spacial score (nSPS) is 47.1. The van der Waals surface area contributed by atoms with Crippen LogP contribution in [0.4, 0.5) is 0 Å². The summed E-state index contributed by atoms with van der Waals surface area (Å²) in [5, 5.41) is 14.5. The van der Waals surface area contributed by atoms with Gasteiger partial charge in [-0.3, -0.25) is 10.0 Å². The average Bonchev–Trinajstić information content (AvgIpc) is 3.25. The molecule has 6 aliphatic rings. The minimum atomic E-state index is 0.479. The van der Waals surface area contributed by atoms with E-state index in [4.69, 9.17) is 10.4 Å². The molecular formula is C24H36N4. The molecule has 2 heterocycles. The SMILES string of the molecule is C1=CC[C@]23CCCC[C@]2(C1)CN(N=NN1C[C@]24CC=CC[C@@]2(CCCC4)C1)C3. The van der Waals surface area contributed by atoms with Gasteiger partial charge >= 0.3 is 0 Å². The second kappa shape index (κ2) is 6.09. The minimum absolute atomic E-state index is 0.479. The molecule has 0 bridgehead atoms. The second-order valence-corrected chi connectivity index (χ2v) is 11.1. The molecule has 0 radical (unpaired) electrons. The predicted octanol–water partition coefficient (Wildman–Crippen LogP) is 5.69. The third-order valence-electron chi connectivity index (χ3n) is 9.97. The van der Waals surface area contributed by atoms with E-state index in [-0.39, 0.29) is 0 Å². The van der Waals surface area contributed by atoms with Crippen molar-refractivity contribution in [1.29, 1.82) is 0 Å². The molecule has 4 aliphatic carbocycles. The second-order valence-electron chi connectivity index (χ2n) is 11.1. The fourth-order valence-electron chi connectivity index (χ4n) is 8.42. The molecule has 0 unspecified atom stereocenters. The minimum Gasteiger partial charge on any atom is -0.276 e. The lowest BCUT2D eigenvalue weighted by atomic mass is 9.53. The van der Waals surface area contributed by atoms with Crippen LogP contribution in [0.1, 0.15) is 77.0 Å². The lowest BCUT2D eigenvalue weighted by molar-refractivity contribution is 0.0342. The molecule has 2 saturated heterocycles. The van der Waals surface area contributed by atoms with Crippen molar-refractivity contribution in [2.45, 2.75) is 77.0 Å². The monoisotopic (exact) mass is 380 g/mol. The van der Waals surface area contributed by atoms with Gasteiger partial charge in [0.2, 0.25) is 0 Å². The predicted molar refractivity (Wildman–Crippen MR) is 111 cm³/mol. The highest BCUT2D eigenvalue weighted by Gasteiger charge is 2.59. The molecule has 0 aromatic rings. The maximum Gasteiger partial charge on any atom is 0.0443 e. The Morgan fingerprint density at radius 2 is 0.750 bits per heavy atom. The quantitative estimate of drug-likeness (QED) is 0.455. The van der Waals surface area contributed by atoms with E-state index >= 15 is 0 Å². The summed E-state index contributed by atoms with van der Waals surface area (Å²) in [5.74, 6) is 0. The van der Waals surface area contributed by atoms with Crippen LogP contribution in [0.5, 0.6) is 0 Å². The fraction of sp³-hybridized carbons (Fsp3) is 0.833. The summed E-state index contributed by atoms with van der Waals surface area (Å²) in [6.45, 7) is 4.53. The molecule has 0 aromatic carbocycles. The largest absolute Gasteiger partial charge is 0.276 e. The van der Waals surface area contributed by atoms with Gasteiger partial charge < -0.3 is 0 Å². The first kappa shape index (κ1) is 17.5. The van der Waals surface area contributed by atoms with Crippen molar-refractivity contribution >= 4 is 0 Å². The summed E-state index contributed by atoms with van der Waals surface area (Å²) in [7, 11) is 0. The Balaban J connectivity index is 1.20. The van der Waals surface area contributed by atoms with Gasteiger partial charge in [0.25, 0.3) is 0 Å². The molecule has 0 spiro atoms. The van der Waals surface area contributed by atoms with E-state index in [2.05, 4.69) is 34.3 Å². The molecular weight excluding hydrogens is 344 g/mol. The first-order valence-corrected chi connectivity index (χ1v) is 11.9. The number of rotatable bonds is 2. The van der Waals surface area contributed by atoms with Crippen LogP contribution in [-0.2, 0) is 0 Å². The van der Waals surface area contributed by atoms with Gasteiger partial charge in [0.15, 0.2) is 0 Å². The van der Waals surface area contributed by atoms with Crippen LogP contribution < -0.4 is 0 Å². The highest BCUT2D eigenvalue weighted by molar-refractivity contribution is 5.17. The summed E-state index contributed by atoms with van der Waals surface area (Å²) < 4.78 is 0. The van der Waals surface area contributed by atoms with Crippen LogP contribution in [0.15, 0.2) is 34.8 Å². The van der Waals surface area contributed by atoms with E-state index in [0.717, 1.165) is 26.2 Å². The average molecular weight is 381 g/mol. The number of hydrogen-bond donors (Lipinski definition) is 0. The van der Waals surface area contributed by atoms with E-state index in [9.17, 15) is 0 Å². The van der Waals surface area contributed by atoms with E-state index in [1.54, 1.807) is 0 Å². The molecule has 2 aliphatic heterocycles. The van der Waals surface area contributed by atoms with Crippen molar-refractivity contribution in [2.24, 2.45) is 32.1 Å². The van der Waals surface area contributed by atoms with Crippen LogP contribution in [0.2, 0.25) is 0 Å². The van der Waals surface area contributed by atoms with Crippen LogP contribution in [0, 0.1) is 21.7 Å². The molecule has 4 heteroatoms. The number of allylic oxidation sites excluding steroid dienone is 4. The molecule has 6 rings (SSSR count). The van der Waals surface area contributed by atoms with E-state index in [0.29, 0.717) is 21.7 Å². The zero-order chi connectivity index (χ0) is 18.7. The Hall–Kier alpha value is -1.32. The lowest BCUT2D eigenvalue weighted by Crippen LogP contribution is -2.44. The third-order valence-corrected chi connectivity index (χ3v) is 9.97. The molecule has 0 N–H and O–H groups in total. The van der Waals surface area contributed by atoms with E-state index in [1.165, 1.54) is 77.0 Å². The third kappa shape index (κ3) is 2.29. The zero-order valence-corrected chi connectivity index (χ0v) is 17.4. The molecule has 4 atom stereocenters. The number of nitrogens with zero attached hydrogens (tertiary/aromatic N) is 4. The first-order chi connectivity index (χ1) is 13.7. The van der Waals surface area contributed by atoms with E-state index < -0.39 is 0 Å². The maximum absolute atomic E-state index is 4.89. The molecule has 4 fully saturated rings. The zero-order valence-electron chi connectivity index (χ0n) is 17.4. The van der Waals surface area contributed by atoms with Gasteiger partial charge in [0, 0.05) is 47.8 Å². The highest BCUT2D eigenvalue weighted by Crippen LogP contribution is 2.63.